The Morgan fingerprint density at radius 1 is 1.41 bits per heavy atom. The van der Waals surface area contributed by atoms with Crippen LogP contribution in [0.3, 0.4) is 0 Å². The van der Waals surface area contributed by atoms with Gasteiger partial charge in [-0.2, -0.15) is 0 Å². The fourth-order valence-corrected chi connectivity index (χ4v) is 3.18. The monoisotopic (exact) mass is 316 g/mol. The quantitative estimate of drug-likeness (QED) is 0.903. The first-order chi connectivity index (χ1) is 8.08. The van der Waals surface area contributed by atoms with Crippen molar-refractivity contribution < 1.29 is 0 Å². The number of halogens is 2. The van der Waals surface area contributed by atoms with Crippen molar-refractivity contribution in [3.8, 4) is 0 Å². The van der Waals surface area contributed by atoms with E-state index in [4.69, 9.17) is 17.3 Å². The largest absolute Gasteiger partial charge is 0.328 e. The zero-order valence-corrected chi connectivity index (χ0v) is 12.3. The summed E-state index contributed by atoms with van der Waals surface area (Å²) in [7, 11) is 0. The Kier molecular flexibility index (Phi) is 4.47. The third-order valence-corrected chi connectivity index (χ3v) is 4.36. The Morgan fingerprint density at radius 2 is 2.06 bits per heavy atom. The van der Waals surface area contributed by atoms with E-state index in [0.29, 0.717) is 12.1 Å². The predicted molar refractivity (Wildman–Crippen MR) is 76.3 cm³/mol. The molecule has 0 radical (unpaired) electrons. The lowest BCUT2D eigenvalue weighted by Crippen LogP contribution is -2.40. The molecule has 1 saturated heterocycles. The van der Waals surface area contributed by atoms with Crippen molar-refractivity contribution in [3.63, 3.8) is 0 Å². The molecule has 1 heterocycles. The highest BCUT2D eigenvalue weighted by Gasteiger charge is 2.22. The first kappa shape index (κ1) is 13.3. The minimum atomic E-state index is 0.364. The Morgan fingerprint density at radius 3 is 2.65 bits per heavy atom. The predicted octanol–water partition coefficient (Wildman–Crippen LogP) is 3.59. The zero-order valence-electron chi connectivity index (χ0n) is 10.00. The molecule has 1 aliphatic heterocycles. The smallest absolute Gasteiger partial charge is 0.0464 e. The van der Waals surface area contributed by atoms with Crippen LogP contribution in [0.2, 0.25) is 5.02 Å². The molecule has 0 spiro atoms. The summed E-state index contributed by atoms with van der Waals surface area (Å²) < 4.78 is 1.03. The van der Waals surface area contributed by atoms with Gasteiger partial charge in [0.2, 0.25) is 0 Å². The Hall–Kier alpha value is -0.0900. The number of hydrogen-bond acceptors (Lipinski definition) is 2. The van der Waals surface area contributed by atoms with Crippen LogP contribution >= 0.6 is 27.5 Å². The maximum atomic E-state index is 6.29. The van der Waals surface area contributed by atoms with Gasteiger partial charge >= 0.3 is 0 Å². The van der Waals surface area contributed by atoms with Crippen LogP contribution in [0.15, 0.2) is 22.7 Å². The van der Waals surface area contributed by atoms with E-state index in [0.717, 1.165) is 35.4 Å². The SMILES string of the molecule is CC(c1ccc(Br)cc1Cl)N1CCC(N)CC1. The molecule has 0 bridgehead atoms. The van der Waals surface area contributed by atoms with Crippen LogP contribution in [0.25, 0.3) is 0 Å². The van der Waals surface area contributed by atoms with E-state index in [1.54, 1.807) is 0 Å². The van der Waals surface area contributed by atoms with Crippen molar-refractivity contribution >= 4 is 27.5 Å². The summed E-state index contributed by atoms with van der Waals surface area (Å²) in [5.41, 5.74) is 7.13. The number of piperidine rings is 1. The van der Waals surface area contributed by atoms with Gasteiger partial charge in [-0.1, -0.05) is 33.6 Å². The molecule has 1 aliphatic rings. The molecular formula is C13H18BrClN2. The summed E-state index contributed by atoms with van der Waals surface area (Å²) in [4.78, 5) is 2.46. The second-order valence-corrected chi connectivity index (χ2v) is 6.04. The minimum absolute atomic E-state index is 0.364. The van der Waals surface area contributed by atoms with Gasteiger partial charge in [-0.3, -0.25) is 4.90 Å². The first-order valence-electron chi connectivity index (χ1n) is 6.02. The number of likely N-dealkylation sites (tertiary alicyclic amines) is 1. The Labute approximate surface area is 116 Å². The summed E-state index contributed by atoms with van der Waals surface area (Å²) in [6.45, 7) is 4.34. The molecule has 1 fully saturated rings. The van der Waals surface area contributed by atoms with Crippen LogP contribution in [0.4, 0.5) is 0 Å². The number of hydrogen-bond donors (Lipinski definition) is 1. The number of benzene rings is 1. The molecule has 0 saturated carbocycles. The maximum absolute atomic E-state index is 6.29. The van der Waals surface area contributed by atoms with Crippen molar-refractivity contribution in [2.24, 2.45) is 5.73 Å². The summed E-state index contributed by atoms with van der Waals surface area (Å²) in [5, 5.41) is 0.835. The van der Waals surface area contributed by atoms with Crippen molar-refractivity contribution in [1.82, 2.24) is 4.90 Å². The molecule has 4 heteroatoms. The molecule has 2 rings (SSSR count). The molecule has 0 amide bonds. The minimum Gasteiger partial charge on any atom is -0.328 e. The topological polar surface area (TPSA) is 29.3 Å². The molecule has 1 aromatic rings. The van der Waals surface area contributed by atoms with Crippen LogP contribution in [0.5, 0.6) is 0 Å². The van der Waals surface area contributed by atoms with Crippen LogP contribution in [0, 0.1) is 0 Å². The summed E-state index contributed by atoms with van der Waals surface area (Å²) in [6, 6.07) is 6.85. The maximum Gasteiger partial charge on any atom is 0.0464 e. The highest BCUT2D eigenvalue weighted by Crippen LogP contribution is 2.31. The molecule has 1 aromatic carbocycles. The Bertz CT molecular complexity index is 389. The number of nitrogens with two attached hydrogens (primary N) is 1. The molecule has 0 aromatic heterocycles. The van der Waals surface area contributed by atoms with Gasteiger partial charge in [0.15, 0.2) is 0 Å². The zero-order chi connectivity index (χ0) is 12.4. The lowest BCUT2D eigenvalue weighted by Gasteiger charge is -2.35. The molecule has 1 unspecified atom stereocenters. The van der Waals surface area contributed by atoms with Gasteiger partial charge < -0.3 is 5.73 Å². The van der Waals surface area contributed by atoms with E-state index in [-0.39, 0.29) is 0 Å². The van der Waals surface area contributed by atoms with Crippen molar-refractivity contribution in [3.05, 3.63) is 33.3 Å². The highest BCUT2D eigenvalue weighted by molar-refractivity contribution is 9.10. The molecular weight excluding hydrogens is 300 g/mol. The highest BCUT2D eigenvalue weighted by atomic mass is 79.9. The van der Waals surface area contributed by atoms with Crippen molar-refractivity contribution in [2.45, 2.75) is 31.8 Å². The van der Waals surface area contributed by atoms with Crippen LogP contribution in [0.1, 0.15) is 31.4 Å². The molecule has 17 heavy (non-hydrogen) atoms. The number of rotatable bonds is 2. The second kappa shape index (κ2) is 5.70. The van der Waals surface area contributed by atoms with E-state index >= 15 is 0 Å². The second-order valence-electron chi connectivity index (χ2n) is 4.72. The third-order valence-electron chi connectivity index (χ3n) is 3.53. The lowest BCUT2D eigenvalue weighted by molar-refractivity contribution is 0.163. The van der Waals surface area contributed by atoms with Gasteiger partial charge in [0, 0.05) is 34.7 Å². The average molecular weight is 318 g/mol. The number of nitrogens with zero attached hydrogens (tertiary/aromatic N) is 1. The van der Waals surface area contributed by atoms with Crippen molar-refractivity contribution in [1.29, 1.82) is 0 Å². The molecule has 94 valence electrons. The summed E-state index contributed by atoms with van der Waals surface area (Å²) in [5.74, 6) is 0. The van der Waals surface area contributed by atoms with E-state index < -0.39 is 0 Å². The van der Waals surface area contributed by atoms with E-state index in [9.17, 15) is 0 Å². The van der Waals surface area contributed by atoms with E-state index in [1.807, 2.05) is 12.1 Å². The third kappa shape index (κ3) is 3.22. The van der Waals surface area contributed by atoms with Gasteiger partial charge in [0.1, 0.15) is 0 Å². The van der Waals surface area contributed by atoms with Gasteiger partial charge in [-0.05, 0) is 37.5 Å². The fraction of sp³-hybridized carbons (Fsp3) is 0.538. The normalized spacial score (nSPS) is 20.5. The Balaban J connectivity index is 2.11. The summed E-state index contributed by atoms with van der Waals surface area (Å²) in [6.07, 6.45) is 2.16. The van der Waals surface area contributed by atoms with Crippen LogP contribution < -0.4 is 5.73 Å². The fourth-order valence-electron chi connectivity index (χ4n) is 2.34. The van der Waals surface area contributed by atoms with E-state index in [1.165, 1.54) is 5.56 Å². The van der Waals surface area contributed by atoms with Gasteiger partial charge in [0.25, 0.3) is 0 Å². The molecule has 1 atom stereocenters. The standard InChI is InChI=1S/C13H18BrClN2/c1-9(17-6-4-11(16)5-7-17)12-3-2-10(14)8-13(12)15/h2-3,8-9,11H,4-7,16H2,1H3. The van der Waals surface area contributed by atoms with Crippen molar-refractivity contribution in [2.75, 3.05) is 13.1 Å². The van der Waals surface area contributed by atoms with Gasteiger partial charge in [0.05, 0.1) is 0 Å². The van der Waals surface area contributed by atoms with Crippen LogP contribution in [-0.4, -0.2) is 24.0 Å². The average Bonchev–Trinajstić information content (AvgIpc) is 2.29. The molecule has 0 aliphatic carbocycles. The van der Waals surface area contributed by atoms with Gasteiger partial charge in [-0.25, -0.2) is 0 Å². The van der Waals surface area contributed by atoms with Gasteiger partial charge in [-0.15, -0.1) is 0 Å². The molecule has 2 nitrogen and oxygen atoms in total. The van der Waals surface area contributed by atoms with E-state index in [2.05, 4.69) is 33.8 Å². The first-order valence-corrected chi connectivity index (χ1v) is 7.19. The summed E-state index contributed by atoms with van der Waals surface area (Å²) >= 11 is 9.73. The molecule has 2 N–H and O–H groups in total. The van der Waals surface area contributed by atoms with Crippen LogP contribution in [-0.2, 0) is 0 Å². The lowest BCUT2D eigenvalue weighted by atomic mass is 10.0.